The van der Waals surface area contributed by atoms with E-state index in [2.05, 4.69) is 37.8 Å². The van der Waals surface area contributed by atoms with Gasteiger partial charge in [-0.15, -0.1) is 0 Å². The van der Waals surface area contributed by atoms with Crippen molar-refractivity contribution in [2.45, 2.75) is 40.2 Å². The first-order chi connectivity index (χ1) is 9.47. The number of hydrogen-bond acceptors (Lipinski definition) is 3. The predicted molar refractivity (Wildman–Crippen MR) is 84.4 cm³/mol. The summed E-state index contributed by atoms with van der Waals surface area (Å²) in [6, 6.07) is 4.40. The standard InChI is InChI=1S/C16H25N3O/c1-5-18(6-2)15-7-11(3)16-13(9-15)8-14(17)10-19(16)12(4)20/h7,9,14H,5-6,8,10,17H2,1-4H3. The summed E-state index contributed by atoms with van der Waals surface area (Å²) in [6.07, 6.45) is 0.842. The number of amides is 1. The Balaban J connectivity index is 2.50. The van der Waals surface area contributed by atoms with Crippen LogP contribution in [-0.4, -0.2) is 31.6 Å². The van der Waals surface area contributed by atoms with Crippen LogP contribution in [0.15, 0.2) is 12.1 Å². The number of hydrogen-bond donors (Lipinski definition) is 1. The number of benzene rings is 1. The van der Waals surface area contributed by atoms with E-state index in [-0.39, 0.29) is 11.9 Å². The highest BCUT2D eigenvalue weighted by Gasteiger charge is 2.27. The van der Waals surface area contributed by atoms with Crippen molar-refractivity contribution in [1.29, 1.82) is 0 Å². The van der Waals surface area contributed by atoms with Gasteiger partial charge in [0.25, 0.3) is 0 Å². The monoisotopic (exact) mass is 275 g/mol. The zero-order chi connectivity index (χ0) is 14.9. The zero-order valence-corrected chi connectivity index (χ0v) is 12.9. The molecule has 1 aliphatic heterocycles. The van der Waals surface area contributed by atoms with Gasteiger partial charge in [-0.2, -0.15) is 0 Å². The molecule has 1 unspecified atom stereocenters. The van der Waals surface area contributed by atoms with E-state index in [9.17, 15) is 4.79 Å². The van der Waals surface area contributed by atoms with Crippen LogP contribution in [0, 0.1) is 6.92 Å². The van der Waals surface area contributed by atoms with Gasteiger partial charge in [-0.05, 0) is 50.5 Å². The molecule has 1 heterocycles. The van der Waals surface area contributed by atoms with Crippen molar-refractivity contribution in [2.75, 3.05) is 29.4 Å². The molecule has 110 valence electrons. The van der Waals surface area contributed by atoms with Crippen LogP contribution in [0.2, 0.25) is 0 Å². The maximum atomic E-state index is 11.9. The molecule has 0 saturated heterocycles. The van der Waals surface area contributed by atoms with Crippen LogP contribution in [0.25, 0.3) is 0 Å². The molecular weight excluding hydrogens is 250 g/mol. The minimum absolute atomic E-state index is 0.0257. The topological polar surface area (TPSA) is 49.6 Å². The second-order valence-corrected chi connectivity index (χ2v) is 5.54. The van der Waals surface area contributed by atoms with E-state index < -0.39 is 0 Å². The number of anilines is 2. The molecule has 0 spiro atoms. The molecule has 1 aromatic carbocycles. The lowest BCUT2D eigenvalue weighted by molar-refractivity contribution is -0.116. The molecular formula is C16H25N3O. The molecule has 1 aliphatic rings. The third kappa shape index (κ3) is 2.66. The highest BCUT2D eigenvalue weighted by Crippen LogP contribution is 2.34. The molecule has 0 aromatic heterocycles. The summed E-state index contributed by atoms with van der Waals surface area (Å²) in [5.41, 5.74) is 10.8. The SMILES string of the molecule is CCN(CC)c1cc(C)c2c(c1)CC(N)CN2C(C)=O. The maximum absolute atomic E-state index is 11.9. The van der Waals surface area contributed by atoms with Crippen LogP contribution in [0.5, 0.6) is 0 Å². The summed E-state index contributed by atoms with van der Waals surface area (Å²) in [6.45, 7) is 10.6. The number of nitrogens with zero attached hydrogens (tertiary/aromatic N) is 2. The Morgan fingerprint density at radius 2 is 2.05 bits per heavy atom. The van der Waals surface area contributed by atoms with Gasteiger partial charge in [0.2, 0.25) is 5.91 Å². The third-order valence-corrected chi connectivity index (χ3v) is 4.04. The van der Waals surface area contributed by atoms with E-state index in [1.54, 1.807) is 6.92 Å². The first-order valence-electron chi connectivity index (χ1n) is 7.40. The lowest BCUT2D eigenvalue weighted by atomic mass is 9.94. The number of aryl methyl sites for hydroxylation is 1. The van der Waals surface area contributed by atoms with Gasteiger partial charge < -0.3 is 15.5 Å². The van der Waals surface area contributed by atoms with Gasteiger partial charge in [-0.3, -0.25) is 4.79 Å². The first kappa shape index (κ1) is 14.9. The highest BCUT2D eigenvalue weighted by atomic mass is 16.2. The predicted octanol–water partition coefficient (Wildman–Crippen LogP) is 2.08. The van der Waals surface area contributed by atoms with Crippen molar-refractivity contribution >= 4 is 17.3 Å². The number of rotatable bonds is 3. The van der Waals surface area contributed by atoms with E-state index in [0.29, 0.717) is 6.54 Å². The summed E-state index contributed by atoms with van der Waals surface area (Å²) in [7, 11) is 0. The molecule has 0 fully saturated rings. The van der Waals surface area contributed by atoms with Crippen molar-refractivity contribution in [2.24, 2.45) is 5.73 Å². The second kappa shape index (κ2) is 5.83. The number of fused-ring (bicyclic) bond motifs is 1. The van der Waals surface area contributed by atoms with Crippen molar-refractivity contribution < 1.29 is 4.79 Å². The fourth-order valence-electron chi connectivity index (χ4n) is 3.10. The number of nitrogens with two attached hydrogens (primary N) is 1. The summed E-state index contributed by atoms with van der Waals surface area (Å²) < 4.78 is 0. The Bertz CT molecular complexity index is 509. The van der Waals surface area contributed by atoms with Crippen molar-refractivity contribution in [3.63, 3.8) is 0 Å². The average molecular weight is 275 g/mol. The molecule has 2 rings (SSSR count). The van der Waals surface area contributed by atoms with E-state index in [1.807, 2.05) is 4.90 Å². The van der Waals surface area contributed by atoms with Gasteiger partial charge in [0.05, 0.1) is 0 Å². The van der Waals surface area contributed by atoms with E-state index in [1.165, 1.54) is 11.3 Å². The van der Waals surface area contributed by atoms with Crippen molar-refractivity contribution in [1.82, 2.24) is 0 Å². The summed E-state index contributed by atoms with van der Waals surface area (Å²) in [5, 5.41) is 0. The Kier molecular flexibility index (Phi) is 4.33. The zero-order valence-electron chi connectivity index (χ0n) is 12.9. The van der Waals surface area contributed by atoms with Crippen molar-refractivity contribution in [3.05, 3.63) is 23.3 Å². The molecule has 2 N–H and O–H groups in total. The second-order valence-electron chi connectivity index (χ2n) is 5.54. The largest absolute Gasteiger partial charge is 0.372 e. The molecule has 0 aliphatic carbocycles. The third-order valence-electron chi connectivity index (χ3n) is 4.04. The van der Waals surface area contributed by atoms with Crippen LogP contribution in [0.4, 0.5) is 11.4 Å². The normalized spacial score (nSPS) is 17.9. The van der Waals surface area contributed by atoms with Gasteiger partial charge >= 0.3 is 0 Å². The van der Waals surface area contributed by atoms with Crippen LogP contribution in [-0.2, 0) is 11.2 Å². The Morgan fingerprint density at radius 1 is 1.40 bits per heavy atom. The van der Waals surface area contributed by atoms with Gasteiger partial charge in [0.1, 0.15) is 0 Å². The summed E-state index contributed by atoms with van der Waals surface area (Å²) in [5.74, 6) is 0.0695. The molecule has 4 nitrogen and oxygen atoms in total. The minimum atomic E-state index is 0.0257. The molecule has 0 radical (unpaired) electrons. The molecule has 1 amide bonds. The first-order valence-corrected chi connectivity index (χ1v) is 7.40. The molecule has 20 heavy (non-hydrogen) atoms. The van der Waals surface area contributed by atoms with Gasteiger partial charge in [-0.1, -0.05) is 0 Å². The molecule has 1 aromatic rings. The molecule has 0 bridgehead atoms. The fourth-order valence-corrected chi connectivity index (χ4v) is 3.10. The summed E-state index contributed by atoms with van der Waals surface area (Å²) >= 11 is 0. The summed E-state index contributed by atoms with van der Waals surface area (Å²) in [4.78, 5) is 16.0. The average Bonchev–Trinajstić information content (AvgIpc) is 2.38. The van der Waals surface area contributed by atoms with E-state index in [0.717, 1.165) is 30.8 Å². The Hall–Kier alpha value is -1.55. The molecule has 1 atom stereocenters. The van der Waals surface area contributed by atoms with Crippen molar-refractivity contribution in [3.8, 4) is 0 Å². The van der Waals surface area contributed by atoms with Gasteiger partial charge in [0, 0.05) is 44.0 Å². The number of carbonyl (C=O) groups is 1. The van der Waals surface area contributed by atoms with Gasteiger partial charge in [-0.25, -0.2) is 0 Å². The molecule has 0 saturated carbocycles. The smallest absolute Gasteiger partial charge is 0.223 e. The Labute approximate surface area is 121 Å². The molecule has 4 heteroatoms. The minimum Gasteiger partial charge on any atom is -0.372 e. The van der Waals surface area contributed by atoms with Gasteiger partial charge in [0.15, 0.2) is 0 Å². The van der Waals surface area contributed by atoms with Crippen LogP contribution in [0.1, 0.15) is 31.9 Å². The Morgan fingerprint density at radius 3 is 2.60 bits per heavy atom. The highest BCUT2D eigenvalue weighted by molar-refractivity contribution is 5.94. The maximum Gasteiger partial charge on any atom is 0.223 e. The van der Waals surface area contributed by atoms with Crippen LogP contribution >= 0.6 is 0 Å². The quantitative estimate of drug-likeness (QED) is 0.919. The van der Waals surface area contributed by atoms with Crippen LogP contribution < -0.4 is 15.5 Å². The number of carbonyl (C=O) groups excluding carboxylic acids is 1. The lowest BCUT2D eigenvalue weighted by Gasteiger charge is -2.35. The van der Waals surface area contributed by atoms with E-state index >= 15 is 0 Å². The fraction of sp³-hybridized carbons (Fsp3) is 0.562. The lowest BCUT2D eigenvalue weighted by Crippen LogP contribution is -2.45. The van der Waals surface area contributed by atoms with E-state index in [4.69, 9.17) is 5.73 Å². The van der Waals surface area contributed by atoms with Crippen LogP contribution in [0.3, 0.4) is 0 Å².